The van der Waals surface area contributed by atoms with Gasteiger partial charge >= 0.3 is 0 Å². The largest absolute Gasteiger partial charge is 0.385 e. The maximum Gasteiger partial charge on any atom is 0.241 e. The molecule has 4 nitrogen and oxygen atoms in total. The minimum Gasteiger partial charge on any atom is -0.385 e. The van der Waals surface area contributed by atoms with Gasteiger partial charge in [0.25, 0.3) is 0 Å². The monoisotopic (exact) mass is 250 g/mol. The van der Waals surface area contributed by atoms with Gasteiger partial charge in [-0.25, -0.2) is 0 Å². The highest BCUT2D eigenvalue weighted by molar-refractivity contribution is 5.95. The highest BCUT2D eigenvalue weighted by Crippen LogP contribution is 2.15. The van der Waals surface area contributed by atoms with Crippen LogP contribution in [0, 0.1) is 0 Å². The van der Waals surface area contributed by atoms with E-state index < -0.39 is 6.04 Å². The number of carbonyl (C=O) groups excluding carboxylic acids is 1. The number of methoxy groups -OCH3 is 1. The molecule has 1 aromatic rings. The summed E-state index contributed by atoms with van der Waals surface area (Å²) in [5.41, 5.74) is 7.80. The van der Waals surface area contributed by atoms with Crippen molar-refractivity contribution in [2.75, 3.05) is 19.0 Å². The highest BCUT2D eigenvalue weighted by Gasteiger charge is 2.14. The molecule has 0 aliphatic rings. The van der Waals surface area contributed by atoms with E-state index in [-0.39, 0.29) is 5.91 Å². The Morgan fingerprint density at radius 2 is 2.17 bits per heavy atom. The molecule has 0 aromatic heterocycles. The van der Waals surface area contributed by atoms with Crippen LogP contribution in [-0.4, -0.2) is 25.7 Å². The van der Waals surface area contributed by atoms with Gasteiger partial charge < -0.3 is 15.8 Å². The van der Waals surface area contributed by atoms with Crippen LogP contribution in [0.15, 0.2) is 24.3 Å². The molecule has 0 aliphatic carbocycles. The van der Waals surface area contributed by atoms with Gasteiger partial charge in [-0.1, -0.05) is 25.1 Å². The first-order chi connectivity index (χ1) is 8.69. The number of carbonyl (C=O) groups is 1. The van der Waals surface area contributed by atoms with Crippen LogP contribution >= 0.6 is 0 Å². The third-order valence-electron chi connectivity index (χ3n) is 2.86. The molecule has 100 valence electrons. The van der Waals surface area contributed by atoms with E-state index in [2.05, 4.69) is 12.2 Å². The molecular weight excluding hydrogens is 228 g/mol. The zero-order chi connectivity index (χ0) is 13.4. The normalized spacial score (nSPS) is 12.2. The zero-order valence-corrected chi connectivity index (χ0v) is 11.1. The number of benzene rings is 1. The molecule has 0 spiro atoms. The van der Waals surface area contributed by atoms with Gasteiger partial charge in [-0.2, -0.15) is 0 Å². The minimum atomic E-state index is -0.481. The van der Waals surface area contributed by atoms with Crippen LogP contribution in [-0.2, 0) is 16.0 Å². The van der Waals surface area contributed by atoms with Gasteiger partial charge in [-0.05, 0) is 30.9 Å². The van der Waals surface area contributed by atoms with E-state index in [1.807, 2.05) is 24.3 Å². The SMILES string of the molecule is CCc1ccccc1NC(=O)C(N)CCCOC. The lowest BCUT2D eigenvalue weighted by Gasteiger charge is -2.14. The maximum absolute atomic E-state index is 11.9. The van der Waals surface area contributed by atoms with Gasteiger partial charge in [0.05, 0.1) is 6.04 Å². The summed E-state index contributed by atoms with van der Waals surface area (Å²) in [6, 6.07) is 7.30. The molecular formula is C14H22N2O2. The summed E-state index contributed by atoms with van der Waals surface area (Å²) in [5, 5.41) is 2.88. The van der Waals surface area contributed by atoms with Crippen molar-refractivity contribution in [2.24, 2.45) is 5.73 Å². The van der Waals surface area contributed by atoms with Crippen molar-refractivity contribution in [3.05, 3.63) is 29.8 Å². The lowest BCUT2D eigenvalue weighted by atomic mass is 10.1. The number of hydrogen-bond acceptors (Lipinski definition) is 3. The van der Waals surface area contributed by atoms with Crippen molar-refractivity contribution >= 4 is 11.6 Å². The maximum atomic E-state index is 11.9. The Morgan fingerprint density at radius 1 is 1.44 bits per heavy atom. The summed E-state index contributed by atoms with van der Waals surface area (Å²) in [6.07, 6.45) is 2.31. The summed E-state index contributed by atoms with van der Waals surface area (Å²) in [6.45, 7) is 2.69. The first-order valence-corrected chi connectivity index (χ1v) is 6.32. The number of aryl methyl sites for hydroxylation is 1. The summed E-state index contributed by atoms with van der Waals surface area (Å²) in [7, 11) is 1.64. The van der Waals surface area contributed by atoms with Crippen molar-refractivity contribution < 1.29 is 9.53 Å². The topological polar surface area (TPSA) is 64.4 Å². The number of para-hydroxylation sites is 1. The first-order valence-electron chi connectivity index (χ1n) is 6.32. The van der Waals surface area contributed by atoms with Crippen LogP contribution in [0.4, 0.5) is 5.69 Å². The summed E-state index contributed by atoms with van der Waals surface area (Å²) >= 11 is 0. The Morgan fingerprint density at radius 3 is 2.83 bits per heavy atom. The van der Waals surface area contributed by atoms with E-state index in [1.54, 1.807) is 7.11 Å². The van der Waals surface area contributed by atoms with Crippen LogP contribution in [0.5, 0.6) is 0 Å². The van der Waals surface area contributed by atoms with E-state index >= 15 is 0 Å². The van der Waals surface area contributed by atoms with Crippen LogP contribution < -0.4 is 11.1 Å². The molecule has 1 aromatic carbocycles. The molecule has 0 saturated heterocycles. The number of hydrogen-bond donors (Lipinski definition) is 2. The van der Waals surface area contributed by atoms with Gasteiger partial charge in [0.1, 0.15) is 0 Å². The van der Waals surface area contributed by atoms with Crippen molar-refractivity contribution in [3.8, 4) is 0 Å². The fraction of sp³-hybridized carbons (Fsp3) is 0.500. The molecule has 1 amide bonds. The molecule has 0 fully saturated rings. The van der Waals surface area contributed by atoms with Crippen molar-refractivity contribution in [3.63, 3.8) is 0 Å². The van der Waals surface area contributed by atoms with E-state index in [0.717, 1.165) is 24.1 Å². The van der Waals surface area contributed by atoms with E-state index in [1.165, 1.54) is 0 Å². The predicted octanol–water partition coefficient (Wildman–Crippen LogP) is 1.94. The number of nitrogens with one attached hydrogen (secondary N) is 1. The average molecular weight is 250 g/mol. The van der Waals surface area contributed by atoms with Gasteiger partial charge in [-0.15, -0.1) is 0 Å². The molecule has 1 atom stereocenters. The molecule has 0 saturated carbocycles. The standard InChI is InChI=1S/C14H22N2O2/c1-3-11-7-4-5-9-13(11)16-14(17)12(15)8-6-10-18-2/h4-5,7,9,12H,3,6,8,10,15H2,1-2H3,(H,16,17). The average Bonchev–Trinajstić information content (AvgIpc) is 2.39. The Hall–Kier alpha value is -1.39. The van der Waals surface area contributed by atoms with Gasteiger partial charge in [-0.3, -0.25) is 4.79 Å². The van der Waals surface area contributed by atoms with Crippen LogP contribution in [0.2, 0.25) is 0 Å². The molecule has 0 bridgehead atoms. The minimum absolute atomic E-state index is 0.132. The lowest BCUT2D eigenvalue weighted by molar-refractivity contribution is -0.117. The van der Waals surface area contributed by atoms with E-state index in [4.69, 9.17) is 10.5 Å². The number of nitrogens with two attached hydrogens (primary N) is 1. The molecule has 1 rings (SSSR count). The lowest BCUT2D eigenvalue weighted by Crippen LogP contribution is -2.36. The molecule has 0 aliphatic heterocycles. The van der Waals surface area contributed by atoms with Crippen molar-refractivity contribution in [2.45, 2.75) is 32.2 Å². The van der Waals surface area contributed by atoms with Gasteiger partial charge in [0, 0.05) is 19.4 Å². The zero-order valence-electron chi connectivity index (χ0n) is 11.1. The second kappa shape index (κ2) is 7.84. The molecule has 18 heavy (non-hydrogen) atoms. The first kappa shape index (κ1) is 14.7. The summed E-state index contributed by atoms with van der Waals surface area (Å²) in [5.74, 6) is -0.132. The molecule has 1 unspecified atom stereocenters. The summed E-state index contributed by atoms with van der Waals surface area (Å²) in [4.78, 5) is 11.9. The molecule has 3 N–H and O–H groups in total. The van der Waals surface area contributed by atoms with Gasteiger partial charge in [0.2, 0.25) is 5.91 Å². The molecule has 0 radical (unpaired) electrons. The molecule has 4 heteroatoms. The Bertz CT molecular complexity index is 380. The quantitative estimate of drug-likeness (QED) is 0.727. The number of rotatable bonds is 7. The van der Waals surface area contributed by atoms with Crippen LogP contribution in [0.1, 0.15) is 25.3 Å². The Balaban J connectivity index is 2.53. The number of ether oxygens (including phenoxy) is 1. The third kappa shape index (κ3) is 4.47. The van der Waals surface area contributed by atoms with Gasteiger partial charge in [0.15, 0.2) is 0 Å². The molecule has 0 heterocycles. The van der Waals surface area contributed by atoms with Crippen molar-refractivity contribution in [1.29, 1.82) is 0 Å². The van der Waals surface area contributed by atoms with Crippen LogP contribution in [0.3, 0.4) is 0 Å². The fourth-order valence-corrected chi connectivity index (χ4v) is 1.75. The van der Waals surface area contributed by atoms with Crippen molar-refractivity contribution in [1.82, 2.24) is 0 Å². The Kier molecular flexibility index (Phi) is 6.39. The van der Waals surface area contributed by atoms with Crippen LogP contribution in [0.25, 0.3) is 0 Å². The smallest absolute Gasteiger partial charge is 0.241 e. The summed E-state index contributed by atoms with van der Waals surface area (Å²) < 4.78 is 4.94. The Labute approximate surface area is 109 Å². The second-order valence-corrected chi connectivity index (χ2v) is 4.24. The van der Waals surface area contributed by atoms with E-state index in [0.29, 0.717) is 13.0 Å². The highest BCUT2D eigenvalue weighted by atomic mass is 16.5. The van der Waals surface area contributed by atoms with E-state index in [9.17, 15) is 4.79 Å². The fourth-order valence-electron chi connectivity index (χ4n) is 1.75. The number of anilines is 1. The third-order valence-corrected chi connectivity index (χ3v) is 2.86. The number of amides is 1. The predicted molar refractivity (Wildman–Crippen MR) is 73.5 cm³/mol. The second-order valence-electron chi connectivity index (χ2n) is 4.24.